The van der Waals surface area contributed by atoms with Crippen LogP contribution >= 0.6 is 23.2 Å². The number of hydrogen-bond acceptors (Lipinski definition) is 4. The van der Waals surface area contributed by atoms with Crippen LogP contribution in [0.15, 0.2) is 72.8 Å². The number of hydrogen-bond donors (Lipinski definition) is 0. The monoisotopic (exact) mass is 506 g/mol. The van der Waals surface area contributed by atoms with Crippen LogP contribution in [0.2, 0.25) is 10.0 Å². The average Bonchev–Trinajstić information content (AvgIpc) is 3.30. The van der Waals surface area contributed by atoms with Gasteiger partial charge in [0, 0.05) is 10.0 Å². The van der Waals surface area contributed by atoms with Crippen LogP contribution in [0.25, 0.3) is 0 Å². The Bertz CT molecular complexity index is 1290. The first-order valence-corrected chi connectivity index (χ1v) is 10.9. The van der Waals surface area contributed by atoms with E-state index in [-0.39, 0.29) is 10.7 Å². The molecular weight excluding hydrogens is 492 g/mol. The van der Waals surface area contributed by atoms with Crippen LogP contribution in [0.1, 0.15) is 17.2 Å². The largest absolute Gasteiger partial charge is 0.416 e. The fraction of sp³-hybridized carbons (Fsp3) is 0.167. The Labute approximate surface area is 202 Å². The maximum absolute atomic E-state index is 13.5. The van der Waals surface area contributed by atoms with E-state index >= 15 is 0 Å². The minimum atomic E-state index is -4.63. The van der Waals surface area contributed by atoms with Crippen LogP contribution in [0.4, 0.5) is 24.5 Å². The number of fused-ring (bicyclic) bond motifs is 1. The number of imide groups is 1. The van der Waals surface area contributed by atoms with Gasteiger partial charge in [-0.25, -0.2) is 9.96 Å². The van der Waals surface area contributed by atoms with Gasteiger partial charge < -0.3 is 0 Å². The van der Waals surface area contributed by atoms with E-state index in [1.54, 1.807) is 42.5 Å². The van der Waals surface area contributed by atoms with E-state index in [1.807, 2.05) is 0 Å². The Morgan fingerprint density at radius 3 is 2.21 bits per heavy atom. The summed E-state index contributed by atoms with van der Waals surface area (Å²) in [5, 5.41) is 2.10. The fourth-order valence-corrected chi connectivity index (χ4v) is 4.87. The second-order valence-electron chi connectivity index (χ2n) is 7.88. The predicted octanol–water partition coefficient (Wildman–Crippen LogP) is 6.06. The van der Waals surface area contributed by atoms with Crippen molar-refractivity contribution >= 4 is 46.4 Å². The van der Waals surface area contributed by atoms with Crippen molar-refractivity contribution in [2.75, 3.05) is 9.96 Å². The second-order valence-corrected chi connectivity index (χ2v) is 8.73. The van der Waals surface area contributed by atoms with E-state index in [9.17, 15) is 22.8 Å². The molecule has 3 aromatic carbocycles. The van der Waals surface area contributed by atoms with Crippen molar-refractivity contribution in [3.05, 3.63) is 94.0 Å². The molecule has 2 aliphatic rings. The second kappa shape index (κ2) is 8.30. The Morgan fingerprint density at radius 2 is 1.53 bits per heavy atom. The van der Waals surface area contributed by atoms with Gasteiger partial charge in [-0.1, -0.05) is 53.5 Å². The molecule has 0 unspecified atom stereocenters. The zero-order chi connectivity index (χ0) is 24.2. The third-order valence-electron chi connectivity index (χ3n) is 5.84. The quantitative estimate of drug-likeness (QED) is 0.405. The fourth-order valence-electron chi connectivity index (χ4n) is 4.35. The lowest BCUT2D eigenvalue weighted by molar-refractivity contribution is -0.137. The Hall–Kier alpha value is -3.07. The molecule has 3 atom stereocenters. The van der Waals surface area contributed by atoms with Crippen LogP contribution in [0.5, 0.6) is 0 Å². The van der Waals surface area contributed by atoms with Crippen LogP contribution in [-0.4, -0.2) is 17.9 Å². The zero-order valence-corrected chi connectivity index (χ0v) is 18.7. The number of carbonyl (C=O) groups excluding carboxylic acids is 2. The van der Waals surface area contributed by atoms with Gasteiger partial charge in [-0.2, -0.15) is 13.2 Å². The van der Waals surface area contributed by atoms with E-state index in [0.717, 1.165) is 23.1 Å². The number of carbonyl (C=O) groups is 2. The Balaban J connectivity index is 1.59. The lowest BCUT2D eigenvalue weighted by atomic mass is 9.90. The van der Waals surface area contributed by atoms with Crippen LogP contribution in [0.3, 0.4) is 0 Å². The van der Waals surface area contributed by atoms with Crippen molar-refractivity contribution in [1.82, 2.24) is 0 Å². The summed E-state index contributed by atoms with van der Waals surface area (Å²) < 4.78 is 39.7. The van der Waals surface area contributed by atoms with Crippen molar-refractivity contribution in [2.45, 2.75) is 18.3 Å². The van der Waals surface area contributed by atoms with Crippen LogP contribution < -0.4 is 9.96 Å². The summed E-state index contributed by atoms with van der Waals surface area (Å²) in [6, 6.07) is 16.9. The maximum atomic E-state index is 13.5. The van der Waals surface area contributed by atoms with Crippen molar-refractivity contribution in [3.63, 3.8) is 0 Å². The van der Waals surface area contributed by atoms with E-state index in [0.29, 0.717) is 16.3 Å². The molecule has 5 nitrogen and oxygen atoms in total. The van der Waals surface area contributed by atoms with Gasteiger partial charge in [-0.3, -0.25) is 14.4 Å². The number of para-hydroxylation sites is 1. The van der Waals surface area contributed by atoms with Gasteiger partial charge in [0.05, 0.1) is 23.0 Å². The Kier molecular flexibility index (Phi) is 5.55. The predicted molar refractivity (Wildman–Crippen MR) is 120 cm³/mol. The highest BCUT2D eigenvalue weighted by atomic mass is 35.5. The van der Waals surface area contributed by atoms with Crippen molar-refractivity contribution in [1.29, 1.82) is 0 Å². The molecule has 34 heavy (non-hydrogen) atoms. The maximum Gasteiger partial charge on any atom is 0.416 e. The normalized spacial score (nSPS) is 22.4. The molecule has 0 aromatic heterocycles. The number of nitrogens with zero attached hydrogens (tertiary/aromatic N) is 2. The van der Waals surface area contributed by atoms with Crippen LogP contribution in [0, 0.1) is 5.92 Å². The number of hydroxylamine groups is 1. The topological polar surface area (TPSA) is 49.9 Å². The molecule has 0 spiro atoms. The van der Waals surface area contributed by atoms with Gasteiger partial charge in [-0.05, 0) is 48.0 Å². The molecule has 2 heterocycles. The highest BCUT2D eigenvalue weighted by Gasteiger charge is 2.60. The van der Waals surface area contributed by atoms with Gasteiger partial charge in [0.15, 0.2) is 6.10 Å². The third-order valence-corrected chi connectivity index (χ3v) is 6.40. The average molecular weight is 507 g/mol. The molecule has 0 saturated carbocycles. The van der Waals surface area contributed by atoms with E-state index < -0.39 is 41.6 Å². The van der Waals surface area contributed by atoms with Crippen molar-refractivity contribution in [2.24, 2.45) is 5.92 Å². The summed E-state index contributed by atoms with van der Waals surface area (Å²) in [4.78, 5) is 33.5. The number of benzene rings is 3. The molecule has 2 saturated heterocycles. The third kappa shape index (κ3) is 3.72. The molecule has 10 heteroatoms. The molecular formula is C24H15Cl2F3N2O3. The SMILES string of the molecule is O=C1[C@@H]2[C@@H](c3ccc(Cl)cc3Cl)N(c3ccccc3)O[C@H]2C(=O)N1c1cccc(C(F)(F)F)c1. The van der Waals surface area contributed by atoms with Gasteiger partial charge in [-0.15, -0.1) is 0 Å². The lowest BCUT2D eigenvalue weighted by Gasteiger charge is -2.29. The van der Waals surface area contributed by atoms with Crippen molar-refractivity contribution < 1.29 is 27.6 Å². The molecule has 0 bridgehead atoms. The van der Waals surface area contributed by atoms with Gasteiger partial charge in [0.2, 0.25) is 5.91 Å². The first-order chi connectivity index (χ1) is 16.2. The van der Waals surface area contributed by atoms with Gasteiger partial charge in [0.1, 0.15) is 5.92 Å². The standard InChI is InChI=1S/C24H15Cl2F3N2O3/c25-14-9-10-17(18(26)12-14)20-19-21(34-31(20)15-6-2-1-3-7-15)23(33)30(22(19)32)16-8-4-5-13(11-16)24(27,28)29/h1-12,19-21H/t19-,20-,21-/m1/s1. The highest BCUT2D eigenvalue weighted by molar-refractivity contribution is 6.35. The summed E-state index contributed by atoms with van der Waals surface area (Å²) in [7, 11) is 0. The summed E-state index contributed by atoms with van der Waals surface area (Å²) in [6.45, 7) is 0. The molecule has 0 radical (unpaired) electrons. The van der Waals surface area contributed by atoms with E-state index in [1.165, 1.54) is 17.2 Å². The summed E-state index contributed by atoms with van der Waals surface area (Å²) >= 11 is 12.5. The number of rotatable bonds is 3. The van der Waals surface area contributed by atoms with Gasteiger partial charge >= 0.3 is 6.18 Å². The van der Waals surface area contributed by atoms with E-state index in [4.69, 9.17) is 28.0 Å². The number of anilines is 2. The smallest absolute Gasteiger partial charge is 0.273 e. The summed E-state index contributed by atoms with van der Waals surface area (Å²) in [6.07, 6.45) is -5.86. The number of alkyl halides is 3. The minimum Gasteiger partial charge on any atom is -0.273 e. The number of halogens is 5. The van der Waals surface area contributed by atoms with Crippen LogP contribution in [-0.2, 0) is 20.6 Å². The molecule has 5 rings (SSSR count). The first kappa shape index (κ1) is 22.7. The van der Waals surface area contributed by atoms with Crippen molar-refractivity contribution in [3.8, 4) is 0 Å². The molecule has 2 fully saturated rings. The Morgan fingerprint density at radius 1 is 0.824 bits per heavy atom. The molecule has 2 aliphatic heterocycles. The molecule has 174 valence electrons. The molecule has 0 N–H and O–H groups in total. The number of amides is 2. The summed E-state index contributed by atoms with van der Waals surface area (Å²) in [5.74, 6) is -2.47. The van der Waals surface area contributed by atoms with E-state index in [2.05, 4.69) is 0 Å². The highest BCUT2D eigenvalue weighted by Crippen LogP contribution is 2.49. The minimum absolute atomic E-state index is 0.171. The molecule has 2 amide bonds. The zero-order valence-electron chi connectivity index (χ0n) is 17.2. The summed E-state index contributed by atoms with van der Waals surface area (Å²) in [5.41, 5.74) is -0.0598. The lowest BCUT2D eigenvalue weighted by Crippen LogP contribution is -2.37. The molecule has 0 aliphatic carbocycles. The molecule has 3 aromatic rings. The first-order valence-electron chi connectivity index (χ1n) is 10.2. The van der Waals surface area contributed by atoms with Gasteiger partial charge in [0.25, 0.3) is 5.91 Å².